The van der Waals surface area contributed by atoms with Crippen molar-refractivity contribution in [2.24, 2.45) is 30.7 Å². The third kappa shape index (κ3) is 15.0. The predicted octanol–water partition coefficient (Wildman–Crippen LogP) is 4.28. The van der Waals surface area contributed by atoms with E-state index in [0.29, 0.717) is 5.82 Å². The minimum Gasteiger partial charge on any atom is -1.00 e. The molecule has 0 fully saturated rings. The number of benzene rings is 3. The van der Waals surface area contributed by atoms with E-state index >= 15 is 0 Å². The fraction of sp³-hybridized carbons (Fsp3) is 0.233. The normalized spacial score (nSPS) is 10.8. The average Bonchev–Trinajstić information content (AvgIpc) is 3.22. The van der Waals surface area contributed by atoms with E-state index in [1.54, 1.807) is 6.20 Å². The zero-order valence-corrected chi connectivity index (χ0v) is 36.5. The van der Waals surface area contributed by atoms with Crippen LogP contribution >= 0.6 is 0 Å². The van der Waals surface area contributed by atoms with E-state index in [-0.39, 0.29) is 34.0 Å². The molecule has 0 amide bonds. The van der Waals surface area contributed by atoms with Crippen molar-refractivity contribution in [3.8, 4) is 0 Å². The maximum absolute atomic E-state index is 4.51. The first-order chi connectivity index (χ1) is 26.7. The number of unbranched alkanes of at least 4 members (excludes halogenated alkanes) is 1. The van der Waals surface area contributed by atoms with Crippen LogP contribution in [0.2, 0.25) is 0 Å². The molecular formula is C43H50Br2N12. The molecule has 12 nitrogen and oxygen atoms in total. The molecule has 14 heteroatoms. The first-order valence-corrected chi connectivity index (χ1v) is 18.2. The van der Waals surface area contributed by atoms with Crippen molar-refractivity contribution < 1.29 is 43.1 Å². The van der Waals surface area contributed by atoms with Gasteiger partial charge in [-0.3, -0.25) is 0 Å². The highest BCUT2D eigenvalue weighted by Gasteiger charge is 2.12. The van der Waals surface area contributed by atoms with Crippen molar-refractivity contribution in [1.82, 2.24) is 4.98 Å². The molecule has 0 spiro atoms. The number of hydrogen-bond acceptors (Lipinski definition) is 10. The van der Waals surface area contributed by atoms with E-state index in [1.807, 2.05) is 175 Å². The van der Waals surface area contributed by atoms with Crippen LogP contribution in [0.3, 0.4) is 0 Å². The van der Waals surface area contributed by atoms with Crippen molar-refractivity contribution in [2.75, 3.05) is 57.0 Å². The van der Waals surface area contributed by atoms with Gasteiger partial charge in [0.2, 0.25) is 0 Å². The number of rotatable bonds is 14. The van der Waals surface area contributed by atoms with Gasteiger partial charge in [-0.25, -0.2) is 14.1 Å². The predicted molar refractivity (Wildman–Crippen MR) is 222 cm³/mol. The SMILES string of the molecule is CN(C)c1ccc(N=Nc2cccc[n+]2CCCC[n+]2ccccc2N=Nc2ccc(N(C)C)cc2)cc1.CN(C)c1ccc(N=Nc2ccccn2)cc1.[Br-].[Br-]. The molecule has 57 heavy (non-hydrogen) atoms. The van der Waals surface area contributed by atoms with Gasteiger partial charge in [0.1, 0.15) is 11.4 Å². The van der Waals surface area contributed by atoms with Gasteiger partial charge in [-0.1, -0.05) is 18.2 Å². The molecule has 3 heterocycles. The Morgan fingerprint density at radius 3 is 1.14 bits per heavy atom. The first kappa shape index (κ1) is 45.7. The van der Waals surface area contributed by atoms with Crippen LogP contribution in [0, 0.1) is 0 Å². The molecule has 3 aromatic heterocycles. The number of nitrogens with zero attached hydrogens (tertiary/aromatic N) is 12. The molecule has 6 aromatic rings. The molecule has 0 radical (unpaired) electrons. The smallest absolute Gasteiger partial charge is 0.350 e. The van der Waals surface area contributed by atoms with Crippen LogP contribution in [0.15, 0.2) is 177 Å². The van der Waals surface area contributed by atoms with E-state index in [2.05, 4.69) is 67.0 Å². The number of halogens is 2. The third-order valence-electron chi connectivity index (χ3n) is 8.43. The van der Waals surface area contributed by atoms with Crippen LogP contribution in [0.25, 0.3) is 0 Å². The van der Waals surface area contributed by atoms with Gasteiger partial charge in [0.05, 0.1) is 41.4 Å². The molecule has 0 atom stereocenters. The minimum absolute atomic E-state index is 0. The number of anilines is 3. The summed E-state index contributed by atoms with van der Waals surface area (Å²) in [7, 11) is 12.1. The number of aromatic nitrogens is 3. The lowest BCUT2D eigenvalue weighted by atomic mass is 10.3. The summed E-state index contributed by atoms with van der Waals surface area (Å²) < 4.78 is 4.29. The van der Waals surface area contributed by atoms with E-state index in [4.69, 9.17) is 0 Å². The quantitative estimate of drug-likeness (QED) is 0.0927. The van der Waals surface area contributed by atoms with Crippen LogP contribution < -0.4 is 57.8 Å². The van der Waals surface area contributed by atoms with Crippen molar-refractivity contribution in [1.29, 1.82) is 0 Å². The Kier molecular flexibility index (Phi) is 19.2. The summed E-state index contributed by atoms with van der Waals surface area (Å²) in [4.78, 5) is 10.2. The highest BCUT2D eigenvalue weighted by atomic mass is 79.9. The van der Waals surface area contributed by atoms with Crippen LogP contribution in [0.4, 0.5) is 51.6 Å². The minimum atomic E-state index is 0. The van der Waals surface area contributed by atoms with Gasteiger partial charge < -0.3 is 48.7 Å². The first-order valence-electron chi connectivity index (χ1n) is 18.2. The summed E-state index contributed by atoms with van der Waals surface area (Å²) >= 11 is 0. The monoisotopic (exact) mass is 892 g/mol. The molecule has 0 saturated heterocycles. The second-order valence-electron chi connectivity index (χ2n) is 13.2. The Bertz CT molecular complexity index is 2030. The molecule has 0 N–H and O–H groups in total. The second-order valence-corrected chi connectivity index (χ2v) is 13.2. The molecule has 296 valence electrons. The van der Waals surface area contributed by atoms with Crippen LogP contribution in [-0.2, 0) is 13.1 Å². The number of pyridine rings is 3. The molecule has 0 aliphatic carbocycles. The third-order valence-corrected chi connectivity index (χ3v) is 8.43. The summed E-state index contributed by atoms with van der Waals surface area (Å²) in [6.07, 6.45) is 7.81. The lowest BCUT2D eigenvalue weighted by molar-refractivity contribution is -0.695. The van der Waals surface area contributed by atoms with Gasteiger partial charge in [-0.05, 0) is 120 Å². The van der Waals surface area contributed by atoms with E-state index in [9.17, 15) is 0 Å². The van der Waals surface area contributed by atoms with Crippen molar-refractivity contribution in [2.45, 2.75) is 25.9 Å². The molecule has 0 unspecified atom stereocenters. The lowest BCUT2D eigenvalue weighted by Gasteiger charge is -2.11. The van der Waals surface area contributed by atoms with Gasteiger partial charge in [0.15, 0.2) is 5.82 Å². The Hall–Kier alpha value is -5.73. The number of aryl methyl sites for hydroxylation is 2. The Morgan fingerprint density at radius 1 is 0.421 bits per heavy atom. The largest absolute Gasteiger partial charge is 1.00 e. The van der Waals surface area contributed by atoms with Gasteiger partial charge in [0, 0.05) is 77.7 Å². The topological polar surface area (TPSA) is 105 Å². The Labute approximate surface area is 357 Å². The lowest BCUT2D eigenvalue weighted by Crippen LogP contribution is -3.00. The molecule has 0 aliphatic rings. The van der Waals surface area contributed by atoms with Crippen LogP contribution in [-0.4, -0.2) is 47.3 Å². The van der Waals surface area contributed by atoms with Crippen molar-refractivity contribution >= 4 is 51.6 Å². The fourth-order valence-corrected chi connectivity index (χ4v) is 5.25. The zero-order valence-electron chi connectivity index (χ0n) is 33.3. The van der Waals surface area contributed by atoms with Crippen LogP contribution in [0.5, 0.6) is 0 Å². The number of hydrogen-bond donors (Lipinski definition) is 0. The second kappa shape index (κ2) is 24.0. The molecule has 0 aliphatic heterocycles. The van der Waals surface area contributed by atoms with Gasteiger partial charge in [-0.2, -0.15) is 0 Å². The summed E-state index contributed by atoms with van der Waals surface area (Å²) in [5.74, 6) is 2.29. The summed E-state index contributed by atoms with van der Waals surface area (Å²) in [5, 5.41) is 26.1. The molecule has 0 bridgehead atoms. The maximum atomic E-state index is 4.51. The van der Waals surface area contributed by atoms with E-state index < -0.39 is 0 Å². The highest BCUT2D eigenvalue weighted by Crippen LogP contribution is 2.22. The Morgan fingerprint density at radius 2 is 0.789 bits per heavy atom. The number of azo groups is 3. The van der Waals surface area contributed by atoms with Crippen LogP contribution in [0.1, 0.15) is 12.8 Å². The molecule has 0 saturated carbocycles. The zero-order chi connectivity index (χ0) is 38.8. The summed E-state index contributed by atoms with van der Waals surface area (Å²) in [6, 6.07) is 41.6. The van der Waals surface area contributed by atoms with E-state index in [0.717, 1.165) is 71.7 Å². The summed E-state index contributed by atoms with van der Waals surface area (Å²) in [5.41, 5.74) is 5.91. The molecule has 6 rings (SSSR count). The van der Waals surface area contributed by atoms with Gasteiger partial charge in [0.25, 0.3) is 0 Å². The van der Waals surface area contributed by atoms with Gasteiger partial charge in [-0.15, -0.1) is 10.2 Å². The Balaban J connectivity index is 0.000000385. The molecular weight excluding hydrogens is 844 g/mol. The highest BCUT2D eigenvalue weighted by molar-refractivity contribution is 5.53. The average molecular weight is 895 g/mol. The standard InChI is InChI=1S/C30H36N8.C13H14N4.2BrH/c1-35(2)27-17-13-25(14-18-27)31-33-29-11-5-7-21-37(29)23-9-10-24-38-22-8-6-12-30(38)34-32-26-15-19-28(20-16-26)36(3)4;1-17(2)12-8-6-11(7-9-12)15-16-13-5-3-4-10-14-13;;/h5-8,11-22H,9-10,23-24H2,1-4H3;3-10H,1-2H3;2*1H/q+2;;;/p-2. The van der Waals surface area contributed by atoms with Crippen molar-refractivity contribution in [3.05, 3.63) is 146 Å². The van der Waals surface area contributed by atoms with Gasteiger partial charge >= 0.3 is 11.6 Å². The van der Waals surface area contributed by atoms with E-state index in [1.165, 1.54) is 0 Å². The maximum Gasteiger partial charge on any atom is 0.350 e. The molecule has 3 aromatic carbocycles. The fourth-order valence-electron chi connectivity index (χ4n) is 5.25. The van der Waals surface area contributed by atoms with Crippen molar-refractivity contribution in [3.63, 3.8) is 0 Å². The summed E-state index contributed by atoms with van der Waals surface area (Å²) in [6.45, 7) is 1.72.